The zero-order valence-electron chi connectivity index (χ0n) is 20.9. The Morgan fingerprint density at radius 3 is 1.17 bits per heavy atom. The average Bonchev–Trinajstić information content (AvgIpc) is 2.94. The van der Waals surface area contributed by atoms with Crippen LogP contribution in [-0.2, 0) is 20.0 Å². The van der Waals surface area contributed by atoms with Gasteiger partial charge in [-0.2, -0.15) is 8.61 Å². The molecule has 8 heteroatoms. The van der Waals surface area contributed by atoms with Crippen molar-refractivity contribution >= 4 is 20.0 Å². The van der Waals surface area contributed by atoms with Crippen molar-refractivity contribution in [1.82, 2.24) is 8.61 Å². The summed E-state index contributed by atoms with van der Waals surface area (Å²) < 4.78 is 59.6. The highest BCUT2D eigenvalue weighted by atomic mass is 32.2. The Morgan fingerprint density at radius 1 is 0.500 bits per heavy atom. The zero-order valence-corrected chi connectivity index (χ0v) is 22.5. The number of piperazine rings is 1. The van der Waals surface area contributed by atoms with Crippen LogP contribution in [0.5, 0.6) is 0 Å². The second-order valence-corrected chi connectivity index (χ2v) is 14.4. The third-order valence-corrected chi connectivity index (χ3v) is 12.3. The molecule has 0 radical (unpaired) electrons. The van der Waals surface area contributed by atoms with Gasteiger partial charge in [0.05, 0.1) is 9.79 Å². The van der Waals surface area contributed by atoms with Crippen molar-refractivity contribution in [2.45, 2.75) is 86.1 Å². The molecule has 1 aliphatic heterocycles. The van der Waals surface area contributed by atoms with Gasteiger partial charge in [-0.05, 0) is 61.8 Å². The molecular formula is C28H38N2O4S2. The molecular weight excluding hydrogens is 492 g/mol. The fraction of sp³-hybridized carbons (Fsp3) is 0.571. The standard InChI is InChI=1S/C28H38N2O4S2/c31-35(32,25-17-9-3-10-18-25)29-21-22-30(36(33,34)26-19-11-4-12-20-26)28(24-15-7-2-8-16-24)27(29)23-13-5-1-6-14-23/h3-4,9-12,17-20,23-24,27-28H,1-2,5-8,13-16,21-22H2. The molecule has 0 aromatic heterocycles. The topological polar surface area (TPSA) is 74.8 Å². The molecule has 2 saturated carbocycles. The van der Waals surface area contributed by atoms with Crippen LogP contribution in [0.25, 0.3) is 0 Å². The van der Waals surface area contributed by atoms with Gasteiger partial charge in [-0.25, -0.2) is 16.8 Å². The van der Waals surface area contributed by atoms with Gasteiger partial charge in [0.15, 0.2) is 0 Å². The minimum atomic E-state index is -3.75. The molecule has 6 nitrogen and oxygen atoms in total. The summed E-state index contributed by atoms with van der Waals surface area (Å²) in [6.07, 6.45) is 10.4. The van der Waals surface area contributed by atoms with E-state index in [0.29, 0.717) is 9.79 Å². The van der Waals surface area contributed by atoms with Crippen molar-refractivity contribution in [3.05, 3.63) is 60.7 Å². The molecule has 1 saturated heterocycles. The minimum Gasteiger partial charge on any atom is -0.207 e. The number of nitrogens with zero attached hydrogens (tertiary/aromatic N) is 2. The van der Waals surface area contributed by atoms with E-state index < -0.39 is 20.0 Å². The number of sulfonamides is 2. The molecule has 2 aromatic rings. The summed E-state index contributed by atoms with van der Waals surface area (Å²) in [5.74, 6) is 0.330. The number of rotatable bonds is 6. The number of hydrogen-bond donors (Lipinski definition) is 0. The smallest absolute Gasteiger partial charge is 0.207 e. The van der Waals surface area contributed by atoms with E-state index in [0.717, 1.165) is 64.2 Å². The molecule has 2 aromatic carbocycles. The SMILES string of the molecule is O=S(=O)(c1ccccc1)N1CCN(S(=O)(=O)c2ccccc2)C(C2CCCCC2)C1C1CCCCC1. The van der Waals surface area contributed by atoms with Crippen molar-refractivity contribution in [3.63, 3.8) is 0 Å². The summed E-state index contributed by atoms with van der Waals surface area (Å²) in [4.78, 5) is 0.597. The Morgan fingerprint density at radius 2 is 0.833 bits per heavy atom. The van der Waals surface area contributed by atoms with Crippen molar-refractivity contribution in [3.8, 4) is 0 Å². The van der Waals surface area contributed by atoms with E-state index in [1.165, 1.54) is 0 Å². The summed E-state index contributed by atoms with van der Waals surface area (Å²) in [6.45, 7) is 0.376. The van der Waals surface area contributed by atoms with Crippen LogP contribution >= 0.6 is 0 Å². The van der Waals surface area contributed by atoms with E-state index in [2.05, 4.69) is 0 Å². The summed E-state index contributed by atoms with van der Waals surface area (Å²) in [7, 11) is -7.51. The van der Waals surface area contributed by atoms with E-state index in [4.69, 9.17) is 0 Å². The fourth-order valence-electron chi connectivity index (χ4n) is 6.83. The molecule has 0 amide bonds. The van der Waals surface area contributed by atoms with Crippen molar-refractivity contribution in [2.75, 3.05) is 13.1 Å². The van der Waals surface area contributed by atoms with Gasteiger partial charge >= 0.3 is 0 Å². The highest BCUT2D eigenvalue weighted by Gasteiger charge is 2.52. The summed E-state index contributed by atoms with van der Waals surface area (Å²) in [6, 6.07) is 16.7. The van der Waals surface area contributed by atoms with Crippen molar-refractivity contribution < 1.29 is 16.8 Å². The van der Waals surface area contributed by atoms with Gasteiger partial charge in [0, 0.05) is 25.2 Å². The first-order valence-electron chi connectivity index (χ1n) is 13.5. The normalized spacial score (nSPS) is 26.1. The Bertz CT molecular complexity index is 1110. The van der Waals surface area contributed by atoms with Crippen LogP contribution in [0.4, 0.5) is 0 Å². The molecule has 0 bridgehead atoms. The molecule has 2 unspecified atom stereocenters. The summed E-state index contributed by atoms with van der Waals surface area (Å²) >= 11 is 0. The van der Waals surface area contributed by atoms with Crippen molar-refractivity contribution in [2.24, 2.45) is 11.8 Å². The van der Waals surface area contributed by atoms with Crippen LogP contribution in [0.1, 0.15) is 64.2 Å². The summed E-state index contributed by atoms with van der Waals surface area (Å²) in [5, 5.41) is 0. The first kappa shape index (κ1) is 25.9. The van der Waals surface area contributed by atoms with Crippen LogP contribution in [0, 0.1) is 11.8 Å². The predicted molar refractivity (Wildman–Crippen MR) is 141 cm³/mol. The Balaban J connectivity index is 1.62. The van der Waals surface area contributed by atoms with E-state index in [9.17, 15) is 16.8 Å². The van der Waals surface area contributed by atoms with Crippen LogP contribution < -0.4 is 0 Å². The van der Waals surface area contributed by atoms with Crippen LogP contribution in [0.2, 0.25) is 0 Å². The molecule has 0 N–H and O–H groups in total. The monoisotopic (exact) mass is 530 g/mol. The highest BCUT2D eigenvalue weighted by molar-refractivity contribution is 7.89. The van der Waals surface area contributed by atoms with Gasteiger partial charge in [-0.1, -0.05) is 74.9 Å². The third kappa shape index (κ3) is 5.02. The quantitative estimate of drug-likeness (QED) is 0.509. The van der Waals surface area contributed by atoms with Gasteiger partial charge in [-0.15, -0.1) is 0 Å². The maximum Gasteiger partial charge on any atom is 0.243 e. The van der Waals surface area contributed by atoms with Gasteiger partial charge in [0.2, 0.25) is 20.0 Å². The largest absolute Gasteiger partial charge is 0.243 e. The zero-order chi connectivity index (χ0) is 25.2. The van der Waals surface area contributed by atoms with E-state index in [1.54, 1.807) is 57.1 Å². The van der Waals surface area contributed by atoms with Crippen LogP contribution in [0.3, 0.4) is 0 Å². The predicted octanol–water partition coefficient (Wildman–Crippen LogP) is 5.28. The maximum absolute atomic E-state index is 14.1. The maximum atomic E-state index is 14.1. The van der Waals surface area contributed by atoms with Crippen LogP contribution in [-0.4, -0.2) is 50.6 Å². The molecule has 1 heterocycles. The second kappa shape index (κ2) is 10.9. The molecule has 2 aliphatic carbocycles. The number of benzene rings is 2. The van der Waals surface area contributed by atoms with Gasteiger partial charge in [0.25, 0.3) is 0 Å². The van der Waals surface area contributed by atoms with E-state index in [1.807, 2.05) is 12.1 Å². The second-order valence-electron chi connectivity index (χ2n) is 10.6. The van der Waals surface area contributed by atoms with Crippen LogP contribution in [0.15, 0.2) is 70.5 Å². The van der Waals surface area contributed by atoms with E-state index in [-0.39, 0.29) is 37.0 Å². The average molecular weight is 531 g/mol. The van der Waals surface area contributed by atoms with Gasteiger partial charge < -0.3 is 0 Å². The fourth-order valence-corrected chi connectivity index (χ4v) is 10.3. The molecule has 0 spiro atoms. The third-order valence-electron chi connectivity index (χ3n) is 8.52. The minimum absolute atomic E-state index is 0.165. The first-order chi connectivity index (χ1) is 17.4. The van der Waals surface area contributed by atoms with Gasteiger partial charge in [0.1, 0.15) is 0 Å². The van der Waals surface area contributed by atoms with E-state index >= 15 is 0 Å². The summed E-state index contributed by atoms with van der Waals surface area (Å²) in [5.41, 5.74) is 0. The molecule has 36 heavy (non-hydrogen) atoms. The molecule has 3 fully saturated rings. The highest BCUT2D eigenvalue weighted by Crippen LogP contribution is 2.43. The first-order valence-corrected chi connectivity index (χ1v) is 16.4. The van der Waals surface area contributed by atoms with Crippen molar-refractivity contribution in [1.29, 1.82) is 0 Å². The number of hydrogen-bond acceptors (Lipinski definition) is 4. The molecule has 5 rings (SSSR count). The Labute approximate surface area is 216 Å². The van der Waals surface area contributed by atoms with Gasteiger partial charge in [-0.3, -0.25) is 0 Å². The molecule has 3 aliphatic rings. The lowest BCUT2D eigenvalue weighted by Crippen LogP contribution is -2.66. The lowest BCUT2D eigenvalue weighted by molar-refractivity contribution is 0.0307. The lowest BCUT2D eigenvalue weighted by atomic mass is 9.73. The Kier molecular flexibility index (Phi) is 7.86. The molecule has 2 atom stereocenters. The Hall–Kier alpha value is -1.74. The lowest BCUT2D eigenvalue weighted by Gasteiger charge is -2.52. The molecule has 196 valence electrons.